The van der Waals surface area contributed by atoms with Crippen LogP contribution in [0.5, 0.6) is 0 Å². The number of hydrogen-bond acceptors (Lipinski definition) is 3. The quantitative estimate of drug-likeness (QED) is 0.665. The highest BCUT2D eigenvalue weighted by molar-refractivity contribution is 7.11. The van der Waals surface area contributed by atoms with Crippen LogP contribution in [0.25, 0.3) is 0 Å². The molecule has 0 aromatic carbocycles. The van der Waals surface area contributed by atoms with E-state index < -0.39 is 0 Å². The van der Waals surface area contributed by atoms with E-state index in [4.69, 9.17) is 0 Å². The van der Waals surface area contributed by atoms with E-state index in [2.05, 4.69) is 36.6 Å². The van der Waals surface area contributed by atoms with Crippen molar-refractivity contribution < 1.29 is 0 Å². The predicted molar refractivity (Wildman–Crippen MR) is 68.6 cm³/mol. The van der Waals surface area contributed by atoms with Crippen molar-refractivity contribution in [2.75, 3.05) is 19.6 Å². The molecule has 0 bridgehead atoms. The molecule has 0 saturated heterocycles. The molecule has 1 rings (SSSR count). The molecule has 2 N–H and O–H groups in total. The molecule has 0 aliphatic rings. The summed E-state index contributed by atoms with van der Waals surface area (Å²) in [6, 6.07) is 4.47. The lowest BCUT2D eigenvalue weighted by molar-refractivity contribution is 0.609. The van der Waals surface area contributed by atoms with Gasteiger partial charge in [-0.25, -0.2) is 0 Å². The Morgan fingerprint density at radius 1 is 1.07 bits per heavy atom. The van der Waals surface area contributed by atoms with Crippen molar-refractivity contribution in [2.45, 2.75) is 33.2 Å². The average molecular weight is 226 g/mol. The zero-order valence-corrected chi connectivity index (χ0v) is 10.6. The minimum Gasteiger partial charge on any atom is -0.317 e. The van der Waals surface area contributed by atoms with Crippen LogP contribution >= 0.6 is 11.3 Å². The van der Waals surface area contributed by atoms with Gasteiger partial charge in [0.1, 0.15) is 0 Å². The Kier molecular flexibility index (Phi) is 6.64. The van der Waals surface area contributed by atoms with E-state index in [-0.39, 0.29) is 0 Å². The van der Waals surface area contributed by atoms with Crippen molar-refractivity contribution in [1.29, 1.82) is 0 Å². The lowest BCUT2D eigenvalue weighted by Crippen LogP contribution is -2.21. The zero-order chi connectivity index (χ0) is 10.9. The van der Waals surface area contributed by atoms with Gasteiger partial charge in [-0.3, -0.25) is 0 Å². The van der Waals surface area contributed by atoms with Crippen LogP contribution < -0.4 is 10.6 Å². The second-order valence-corrected chi connectivity index (χ2v) is 4.86. The van der Waals surface area contributed by atoms with Gasteiger partial charge in [0, 0.05) is 16.3 Å². The van der Waals surface area contributed by atoms with Gasteiger partial charge in [0.2, 0.25) is 0 Å². The molecule has 1 aromatic heterocycles. The molecule has 2 nitrogen and oxygen atoms in total. The maximum atomic E-state index is 3.47. The summed E-state index contributed by atoms with van der Waals surface area (Å²) in [6.07, 6.45) is 2.37. The van der Waals surface area contributed by atoms with Crippen molar-refractivity contribution in [3.63, 3.8) is 0 Å². The van der Waals surface area contributed by atoms with Crippen molar-refractivity contribution >= 4 is 11.3 Å². The molecule has 0 amide bonds. The molecule has 1 heterocycles. The van der Waals surface area contributed by atoms with E-state index in [1.165, 1.54) is 16.2 Å². The molecule has 1 aromatic rings. The van der Waals surface area contributed by atoms with Crippen molar-refractivity contribution in [3.05, 3.63) is 21.9 Å². The Labute approximate surface area is 97.1 Å². The molecule has 0 fully saturated rings. The second kappa shape index (κ2) is 7.85. The normalized spacial score (nSPS) is 10.8. The summed E-state index contributed by atoms with van der Waals surface area (Å²) in [7, 11) is 0. The molecular formula is C12H22N2S. The van der Waals surface area contributed by atoms with Gasteiger partial charge in [-0.1, -0.05) is 13.8 Å². The number of hydrogen-bond donors (Lipinski definition) is 2. The summed E-state index contributed by atoms with van der Waals surface area (Å²) in [5.41, 5.74) is 0. The first kappa shape index (κ1) is 12.7. The molecule has 0 aliphatic heterocycles. The van der Waals surface area contributed by atoms with E-state index in [1.54, 1.807) is 0 Å². The van der Waals surface area contributed by atoms with E-state index >= 15 is 0 Å². The van der Waals surface area contributed by atoms with Gasteiger partial charge in [0.15, 0.2) is 0 Å². The molecule has 0 unspecified atom stereocenters. The fourth-order valence-corrected chi connectivity index (χ4v) is 2.36. The van der Waals surface area contributed by atoms with E-state index in [0.29, 0.717) is 0 Å². The van der Waals surface area contributed by atoms with Crippen LogP contribution in [0.3, 0.4) is 0 Å². The summed E-state index contributed by atoms with van der Waals surface area (Å²) in [4.78, 5) is 2.94. The fraction of sp³-hybridized carbons (Fsp3) is 0.667. The summed E-state index contributed by atoms with van der Waals surface area (Å²) in [5, 5.41) is 6.79. The Hall–Kier alpha value is -0.380. The summed E-state index contributed by atoms with van der Waals surface area (Å²) >= 11 is 1.92. The first-order valence-electron chi connectivity index (χ1n) is 5.85. The lowest BCUT2D eigenvalue weighted by Gasteiger charge is -2.03. The monoisotopic (exact) mass is 226 g/mol. The highest BCUT2D eigenvalue weighted by atomic mass is 32.1. The molecule has 86 valence electrons. The van der Waals surface area contributed by atoms with Gasteiger partial charge in [-0.2, -0.15) is 0 Å². The van der Waals surface area contributed by atoms with Gasteiger partial charge in [-0.15, -0.1) is 11.3 Å². The molecule has 0 radical (unpaired) electrons. The van der Waals surface area contributed by atoms with Crippen molar-refractivity contribution in [2.24, 2.45) is 0 Å². The topological polar surface area (TPSA) is 24.1 Å². The standard InChI is InChI=1S/C12H22N2S/c1-3-11-6-7-12(15-11)10-14-9-5-8-13-4-2/h6-7,13-14H,3-5,8-10H2,1-2H3. The van der Waals surface area contributed by atoms with Gasteiger partial charge in [0.05, 0.1) is 0 Å². The maximum absolute atomic E-state index is 3.47. The van der Waals surface area contributed by atoms with Crippen LogP contribution in [0, 0.1) is 0 Å². The van der Waals surface area contributed by atoms with E-state index in [1.807, 2.05) is 11.3 Å². The number of nitrogens with one attached hydrogen (secondary N) is 2. The maximum Gasteiger partial charge on any atom is 0.0299 e. The predicted octanol–water partition coefficient (Wildman–Crippen LogP) is 2.40. The minimum absolute atomic E-state index is 1.02. The largest absolute Gasteiger partial charge is 0.317 e. The smallest absolute Gasteiger partial charge is 0.0299 e. The van der Waals surface area contributed by atoms with Gasteiger partial charge < -0.3 is 10.6 Å². The van der Waals surface area contributed by atoms with Crippen LogP contribution in [0.2, 0.25) is 0 Å². The Morgan fingerprint density at radius 3 is 2.47 bits per heavy atom. The molecular weight excluding hydrogens is 204 g/mol. The van der Waals surface area contributed by atoms with E-state index in [9.17, 15) is 0 Å². The van der Waals surface area contributed by atoms with Crippen molar-refractivity contribution in [3.8, 4) is 0 Å². The van der Waals surface area contributed by atoms with Crippen LogP contribution in [0.1, 0.15) is 30.0 Å². The number of thiophene rings is 1. The minimum atomic E-state index is 1.02. The third kappa shape index (κ3) is 5.30. The Morgan fingerprint density at radius 2 is 1.80 bits per heavy atom. The summed E-state index contributed by atoms with van der Waals surface area (Å²) in [6.45, 7) is 8.67. The first-order chi connectivity index (χ1) is 7.36. The van der Waals surface area contributed by atoms with Crippen LogP contribution in [-0.2, 0) is 13.0 Å². The van der Waals surface area contributed by atoms with Crippen LogP contribution in [-0.4, -0.2) is 19.6 Å². The second-order valence-electron chi connectivity index (χ2n) is 3.61. The third-order valence-corrected chi connectivity index (χ3v) is 3.55. The zero-order valence-electron chi connectivity index (χ0n) is 9.81. The van der Waals surface area contributed by atoms with Gasteiger partial charge >= 0.3 is 0 Å². The molecule has 0 atom stereocenters. The number of rotatable bonds is 8. The summed E-state index contributed by atoms with van der Waals surface area (Å²) in [5.74, 6) is 0. The van der Waals surface area contributed by atoms with Crippen LogP contribution in [0.4, 0.5) is 0 Å². The first-order valence-corrected chi connectivity index (χ1v) is 6.67. The average Bonchev–Trinajstić information content (AvgIpc) is 2.71. The number of aryl methyl sites for hydroxylation is 1. The Balaban J connectivity index is 2.04. The lowest BCUT2D eigenvalue weighted by atomic mass is 10.3. The van der Waals surface area contributed by atoms with Gasteiger partial charge in [0.25, 0.3) is 0 Å². The Bertz CT molecular complexity index is 258. The summed E-state index contributed by atoms with van der Waals surface area (Å²) < 4.78 is 0. The SMILES string of the molecule is CCNCCCNCc1ccc(CC)s1. The van der Waals surface area contributed by atoms with E-state index in [0.717, 1.165) is 32.6 Å². The van der Waals surface area contributed by atoms with Crippen LogP contribution in [0.15, 0.2) is 12.1 Å². The molecule has 15 heavy (non-hydrogen) atoms. The highest BCUT2D eigenvalue weighted by Crippen LogP contribution is 2.16. The molecule has 0 spiro atoms. The third-order valence-electron chi connectivity index (χ3n) is 2.32. The molecule has 0 aliphatic carbocycles. The highest BCUT2D eigenvalue weighted by Gasteiger charge is 1.97. The fourth-order valence-electron chi connectivity index (χ4n) is 1.43. The van der Waals surface area contributed by atoms with Crippen molar-refractivity contribution in [1.82, 2.24) is 10.6 Å². The molecule has 3 heteroatoms. The molecule has 0 saturated carbocycles. The van der Waals surface area contributed by atoms with Gasteiger partial charge in [-0.05, 0) is 44.6 Å².